The summed E-state index contributed by atoms with van der Waals surface area (Å²) < 4.78 is 3.71. The monoisotopic (exact) mass is 361 g/mol. The van der Waals surface area contributed by atoms with Gasteiger partial charge in [0.2, 0.25) is 0 Å². The molecule has 0 spiro atoms. The van der Waals surface area contributed by atoms with Crippen molar-refractivity contribution < 1.29 is 9.79 Å². The third kappa shape index (κ3) is 4.16. The Bertz CT molecular complexity index is 899. The number of para-hydroxylation sites is 2. The summed E-state index contributed by atoms with van der Waals surface area (Å²) in [5, 5.41) is 19.9. The summed E-state index contributed by atoms with van der Waals surface area (Å²) in [4.78, 5) is 4.28. The molecular weight excluding hydrogens is 338 g/mol. The first-order chi connectivity index (χ1) is 13.3. The molecule has 6 heteroatoms. The summed E-state index contributed by atoms with van der Waals surface area (Å²) in [7, 11) is 0. The summed E-state index contributed by atoms with van der Waals surface area (Å²) >= 11 is 0. The van der Waals surface area contributed by atoms with Crippen LogP contribution in [-0.4, -0.2) is 15.9 Å². The predicted molar refractivity (Wildman–Crippen MR) is 103 cm³/mol. The molecule has 1 saturated carbocycles. The van der Waals surface area contributed by atoms with Gasteiger partial charge < -0.3 is 10.4 Å². The number of nitrogens with zero attached hydrogens (tertiary/aromatic N) is 4. The van der Waals surface area contributed by atoms with Gasteiger partial charge in [0.25, 0.3) is 5.82 Å². The van der Waals surface area contributed by atoms with E-state index in [0.29, 0.717) is 11.9 Å². The van der Waals surface area contributed by atoms with Gasteiger partial charge in [-0.25, -0.2) is 4.99 Å². The van der Waals surface area contributed by atoms with Gasteiger partial charge in [0, 0.05) is 5.69 Å². The molecule has 0 bridgehead atoms. The molecule has 0 saturated heterocycles. The van der Waals surface area contributed by atoms with Crippen molar-refractivity contribution in [1.82, 2.24) is 9.90 Å². The highest BCUT2D eigenvalue weighted by molar-refractivity contribution is 5.87. The standard InChI is InChI=1S/C21H23N5O/c27-21(22-17-10-4-1-5-11-17)23-20-16-25(18-12-6-2-7-13-18)24-26(20)19-14-8-3-9-15-19/h1,3-5,8-11,14-16,18H,2,6-7,12-13H2,(H-,22,23,24,27). The molecule has 6 nitrogen and oxygen atoms in total. The van der Waals surface area contributed by atoms with E-state index in [2.05, 4.69) is 10.3 Å². The summed E-state index contributed by atoms with van der Waals surface area (Å²) in [6.07, 6.45) is 7.84. The summed E-state index contributed by atoms with van der Waals surface area (Å²) in [6, 6.07) is 19.1. The lowest BCUT2D eigenvalue weighted by Crippen LogP contribution is -2.42. The Morgan fingerprint density at radius 3 is 2.37 bits per heavy atom. The van der Waals surface area contributed by atoms with Crippen LogP contribution < -0.4 is 15.1 Å². The molecule has 0 unspecified atom stereocenters. The van der Waals surface area contributed by atoms with E-state index < -0.39 is 6.02 Å². The van der Waals surface area contributed by atoms with E-state index in [0.717, 1.165) is 24.2 Å². The number of anilines is 1. The van der Waals surface area contributed by atoms with E-state index in [1.807, 2.05) is 71.5 Å². The van der Waals surface area contributed by atoms with Crippen molar-refractivity contribution in [2.24, 2.45) is 4.99 Å². The minimum Gasteiger partial charge on any atom is -0.846 e. The maximum Gasteiger partial charge on any atom is 0.290 e. The first-order valence-corrected chi connectivity index (χ1v) is 9.44. The summed E-state index contributed by atoms with van der Waals surface area (Å²) in [6.45, 7) is 0. The van der Waals surface area contributed by atoms with E-state index in [-0.39, 0.29) is 0 Å². The molecule has 138 valence electrons. The average molecular weight is 361 g/mol. The Kier molecular flexibility index (Phi) is 5.14. The molecule has 2 aromatic carbocycles. The third-order valence-corrected chi connectivity index (χ3v) is 4.85. The van der Waals surface area contributed by atoms with Crippen molar-refractivity contribution >= 4 is 17.5 Å². The number of amidine groups is 1. The second kappa shape index (κ2) is 8.03. The number of hydrogen-bond donors (Lipinski definition) is 1. The lowest BCUT2D eigenvalue weighted by Gasteiger charge is -2.16. The van der Waals surface area contributed by atoms with Crippen molar-refractivity contribution in [3.05, 3.63) is 66.9 Å². The van der Waals surface area contributed by atoms with Gasteiger partial charge in [0.1, 0.15) is 6.04 Å². The van der Waals surface area contributed by atoms with Gasteiger partial charge in [0.05, 0.1) is 11.2 Å². The fraction of sp³-hybridized carbons (Fsp3) is 0.286. The third-order valence-electron chi connectivity index (χ3n) is 4.85. The van der Waals surface area contributed by atoms with E-state index in [1.165, 1.54) is 19.3 Å². The molecule has 0 amide bonds. The largest absolute Gasteiger partial charge is 0.846 e. The molecule has 1 aliphatic rings. The fourth-order valence-corrected chi connectivity index (χ4v) is 3.48. The highest BCUT2D eigenvalue weighted by atomic mass is 16.3. The Labute approximate surface area is 158 Å². The first kappa shape index (κ1) is 17.3. The predicted octanol–water partition coefficient (Wildman–Crippen LogP) is 3.12. The van der Waals surface area contributed by atoms with Gasteiger partial charge in [-0.2, -0.15) is 0 Å². The minimum absolute atomic E-state index is 0.370. The van der Waals surface area contributed by atoms with E-state index >= 15 is 0 Å². The number of aliphatic imine (C=N–C) groups is 1. The van der Waals surface area contributed by atoms with Crippen molar-refractivity contribution in [3.8, 4) is 5.69 Å². The van der Waals surface area contributed by atoms with Crippen LogP contribution in [0.15, 0.2) is 71.9 Å². The molecular formula is C21H23N5O. The first-order valence-electron chi connectivity index (χ1n) is 9.44. The van der Waals surface area contributed by atoms with Crippen LogP contribution in [0, 0.1) is 0 Å². The van der Waals surface area contributed by atoms with Crippen LogP contribution in [-0.2, 0) is 0 Å². The Morgan fingerprint density at radius 2 is 1.67 bits per heavy atom. The van der Waals surface area contributed by atoms with E-state index in [1.54, 1.807) is 4.68 Å². The maximum absolute atomic E-state index is 12.4. The van der Waals surface area contributed by atoms with Crippen LogP contribution in [0.3, 0.4) is 0 Å². The Morgan fingerprint density at radius 1 is 1.00 bits per heavy atom. The fourth-order valence-electron chi connectivity index (χ4n) is 3.48. The highest BCUT2D eigenvalue weighted by Crippen LogP contribution is 2.25. The molecule has 1 aliphatic carbocycles. The smallest absolute Gasteiger partial charge is 0.290 e. The summed E-state index contributed by atoms with van der Waals surface area (Å²) in [5.41, 5.74) is 1.61. The van der Waals surface area contributed by atoms with Crippen molar-refractivity contribution in [2.75, 3.05) is 5.32 Å². The molecule has 4 rings (SSSR count). The molecule has 3 aromatic rings. The SMILES string of the molecule is [O-]/C(=N\c1c[n+](C2CCCCC2)nn1-c1ccccc1)Nc1ccccc1. The van der Waals surface area contributed by atoms with E-state index in [4.69, 9.17) is 5.21 Å². The second-order valence-electron chi connectivity index (χ2n) is 6.80. The van der Waals surface area contributed by atoms with Crippen LogP contribution in [0.5, 0.6) is 0 Å². The lowest BCUT2D eigenvalue weighted by molar-refractivity contribution is -0.780. The zero-order chi connectivity index (χ0) is 18.5. The zero-order valence-electron chi connectivity index (χ0n) is 15.2. The number of rotatable bonds is 4. The van der Waals surface area contributed by atoms with Crippen LogP contribution >= 0.6 is 0 Å². The number of hydrogen-bond acceptors (Lipinski definition) is 3. The van der Waals surface area contributed by atoms with Crippen LogP contribution in [0.1, 0.15) is 38.1 Å². The number of nitrogens with one attached hydrogen (secondary N) is 1. The normalized spacial score (nSPS) is 15.6. The van der Waals surface area contributed by atoms with Crippen molar-refractivity contribution in [3.63, 3.8) is 0 Å². The van der Waals surface area contributed by atoms with Gasteiger partial charge in [0.15, 0.2) is 11.9 Å². The maximum atomic E-state index is 12.4. The zero-order valence-corrected chi connectivity index (χ0v) is 15.2. The molecule has 1 aromatic heterocycles. The molecule has 1 N–H and O–H groups in total. The van der Waals surface area contributed by atoms with Crippen LogP contribution in [0.25, 0.3) is 5.69 Å². The Hall–Kier alpha value is -3.15. The second-order valence-corrected chi connectivity index (χ2v) is 6.80. The van der Waals surface area contributed by atoms with Crippen LogP contribution in [0.4, 0.5) is 11.5 Å². The van der Waals surface area contributed by atoms with Gasteiger partial charge in [-0.05, 0) is 49.9 Å². The quantitative estimate of drug-likeness (QED) is 0.441. The molecule has 1 heterocycles. The van der Waals surface area contributed by atoms with Crippen LogP contribution in [0.2, 0.25) is 0 Å². The van der Waals surface area contributed by atoms with Crippen molar-refractivity contribution in [1.29, 1.82) is 0 Å². The molecule has 27 heavy (non-hydrogen) atoms. The molecule has 0 aliphatic heterocycles. The lowest BCUT2D eigenvalue weighted by atomic mass is 9.96. The topological polar surface area (TPSA) is 69.2 Å². The van der Waals surface area contributed by atoms with Gasteiger partial charge in [-0.1, -0.05) is 47.5 Å². The van der Waals surface area contributed by atoms with Gasteiger partial charge in [-0.15, -0.1) is 4.68 Å². The van der Waals surface area contributed by atoms with Crippen molar-refractivity contribution in [2.45, 2.75) is 38.1 Å². The van der Waals surface area contributed by atoms with Gasteiger partial charge >= 0.3 is 0 Å². The average Bonchev–Trinajstić information content (AvgIpc) is 3.14. The molecule has 0 radical (unpaired) electrons. The minimum atomic E-state index is -0.408. The van der Waals surface area contributed by atoms with Gasteiger partial charge in [-0.3, -0.25) is 0 Å². The highest BCUT2D eigenvalue weighted by Gasteiger charge is 2.25. The van der Waals surface area contributed by atoms with E-state index in [9.17, 15) is 5.11 Å². The number of benzene rings is 2. The summed E-state index contributed by atoms with van der Waals surface area (Å²) in [5.74, 6) is 0.528. The Balaban J connectivity index is 1.67. The molecule has 0 atom stereocenters. The number of aromatic nitrogens is 3. The molecule has 1 fully saturated rings.